The van der Waals surface area contributed by atoms with Gasteiger partial charge in [0, 0.05) is 5.70 Å². The zero-order valence-corrected chi connectivity index (χ0v) is 13.6. The number of hydrogen-bond acceptors (Lipinski definition) is 4. The summed E-state index contributed by atoms with van der Waals surface area (Å²) in [6, 6.07) is 5.02. The van der Waals surface area contributed by atoms with Crippen LogP contribution in [0.5, 0.6) is 5.75 Å². The van der Waals surface area contributed by atoms with Crippen molar-refractivity contribution < 1.29 is 32.2 Å². The van der Waals surface area contributed by atoms with E-state index in [2.05, 4.69) is 15.4 Å². The van der Waals surface area contributed by atoms with Crippen LogP contribution >= 0.6 is 0 Å². The number of carbonyl (C=O) groups is 2. The minimum atomic E-state index is -4.63. The standard InChI is InChI=1S/C16H17F3N2O4/c1-3-24-11-6-4-10(5-7-11)13-12(9(2)20-15(23)21-13)14(22)25-8-16(17,18)19/h4-7,13H,3,8H2,1-2H3,(H2,20,21,23)/t13-/m1/s1. The molecule has 0 saturated heterocycles. The number of benzene rings is 1. The van der Waals surface area contributed by atoms with E-state index in [9.17, 15) is 22.8 Å². The normalized spacial score (nSPS) is 17.6. The molecule has 0 spiro atoms. The highest BCUT2D eigenvalue weighted by molar-refractivity contribution is 5.95. The van der Waals surface area contributed by atoms with E-state index >= 15 is 0 Å². The Hall–Kier alpha value is -2.71. The van der Waals surface area contributed by atoms with Gasteiger partial charge in [-0.05, 0) is 31.5 Å². The van der Waals surface area contributed by atoms with Gasteiger partial charge in [0.1, 0.15) is 5.75 Å². The molecule has 25 heavy (non-hydrogen) atoms. The molecule has 2 rings (SSSR count). The molecule has 1 atom stereocenters. The zero-order chi connectivity index (χ0) is 18.6. The smallest absolute Gasteiger partial charge is 0.422 e. The number of allylic oxidation sites excluding steroid dienone is 1. The van der Waals surface area contributed by atoms with Crippen molar-refractivity contribution in [3.63, 3.8) is 0 Å². The third kappa shape index (κ3) is 4.88. The Kier molecular flexibility index (Phi) is 5.55. The van der Waals surface area contributed by atoms with E-state index in [1.165, 1.54) is 6.92 Å². The van der Waals surface area contributed by atoms with E-state index in [0.717, 1.165) is 0 Å². The van der Waals surface area contributed by atoms with Crippen LogP contribution in [0.4, 0.5) is 18.0 Å². The molecule has 1 aromatic carbocycles. The summed E-state index contributed by atoms with van der Waals surface area (Å²) in [6.45, 7) is 2.01. The molecule has 2 N–H and O–H groups in total. The first-order valence-corrected chi connectivity index (χ1v) is 7.46. The number of nitrogens with one attached hydrogen (secondary N) is 2. The third-order valence-corrected chi connectivity index (χ3v) is 3.38. The van der Waals surface area contributed by atoms with Gasteiger partial charge in [0.05, 0.1) is 18.2 Å². The number of hydrogen-bond donors (Lipinski definition) is 2. The van der Waals surface area contributed by atoms with Gasteiger partial charge in [0.25, 0.3) is 0 Å². The maximum Gasteiger partial charge on any atom is 0.422 e. The lowest BCUT2D eigenvalue weighted by Crippen LogP contribution is -2.45. The first-order valence-electron chi connectivity index (χ1n) is 7.46. The van der Waals surface area contributed by atoms with Crippen molar-refractivity contribution in [2.45, 2.75) is 26.1 Å². The lowest BCUT2D eigenvalue weighted by molar-refractivity contribution is -0.183. The SMILES string of the molecule is CCOc1ccc([C@H]2NC(=O)NC(C)=C2C(=O)OCC(F)(F)F)cc1. The summed E-state index contributed by atoms with van der Waals surface area (Å²) in [7, 11) is 0. The van der Waals surface area contributed by atoms with Crippen LogP contribution in [-0.2, 0) is 9.53 Å². The molecule has 1 heterocycles. The van der Waals surface area contributed by atoms with Gasteiger partial charge in [-0.2, -0.15) is 13.2 Å². The highest BCUT2D eigenvalue weighted by Gasteiger charge is 2.35. The van der Waals surface area contributed by atoms with Gasteiger partial charge < -0.3 is 20.1 Å². The van der Waals surface area contributed by atoms with Crippen molar-refractivity contribution in [1.82, 2.24) is 10.6 Å². The molecule has 9 heteroatoms. The molecule has 0 unspecified atom stereocenters. The molecular formula is C16H17F3N2O4. The van der Waals surface area contributed by atoms with Crippen molar-refractivity contribution in [3.8, 4) is 5.75 Å². The molecule has 2 amide bonds. The predicted molar refractivity (Wildman–Crippen MR) is 81.7 cm³/mol. The molecule has 0 radical (unpaired) electrons. The maximum atomic E-state index is 12.3. The maximum absolute atomic E-state index is 12.3. The molecule has 1 aliphatic rings. The van der Waals surface area contributed by atoms with Crippen molar-refractivity contribution in [2.75, 3.05) is 13.2 Å². The first kappa shape index (κ1) is 18.6. The Morgan fingerprint density at radius 1 is 1.24 bits per heavy atom. The van der Waals surface area contributed by atoms with Gasteiger partial charge >= 0.3 is 18.2 Å². The number of esters is 1. The summed E-state index contributed by atoms with van der Waals surface area (Å²) in [4.78, 5) is 23.8. The van der Waals surface area contributed by atoms with E-state index < -0.39 is 30.8 Å². The van der Waals surface area contributed by atoms with Crippen molar-refractivity contribution in [2.24, 2.45) is 0 Å². The molecule has 1 aliphatic heterocycles. The highest BCUT2D eigenvalue weighted by atomic mass is 19.4. The monoisotopic (exact) mass is 358 g/mol. The largest absolute Gasteiger partial charge is 0.494 e. The molecular weight excluding hydrogens is 341 g/mol. The van der Waals surface area contributed by atoms with E-state index in [0.29, 0.717) is 17.9 Å². The van der Waals surface area contributed by atoms with E-state index in [1.54, 1.807) is 24.3 Å². The topological polar surface area (TPSA) is 76.7 Å². The summed E-state index contributed by atoms with van der Waals surface area (Å²) < 4.78 is 46.5. The number of amides is 2. The zero-order valence-electron chi connectivity index (χ0n) is 13.6. The Morgan fingerprint density at radius 3 is 2.44 bits per heavy atom. The molecule has 136 valence electrons. The average molecular weight is 358 g/mol. The number of alkyl halides is 3. The lowest BCUT2D eigenvalue weighted by atomic mass is 9.95. The van der Waals surface area contributed by atoms with Crippen molar-refractivity contribution >= 4 is 12.0 Å². The Bertz CT molecular complexity index is 684. The molecule has 6 nitrogen and oxygen atoms in total. The molecule has 0 aromatic heterocycles. The number of ether oxygens (including phenoxy) is 2. The van der Waals surface area contributed by atoms with Gasteiger partial charge in [-0.3, -0.25) is 0 Å². The molecule has 0 aliphatic carbocycles. The summed E-state index contributed by atoms with van der Waals surface area (Å²) in [5.74, 6) is -0.561. The van der Waals surface area contributed by atoms with Gasteiger partial charge in [0.2, 0.25) is 0 Å². The van der Waals surface area contributed by atoms with Crippen LogP contribution < -0.4 is 15.4 Å². The van der Waals surface area contributed by atoms with Crippen LogP contribution in [0.15, 0.2) is 35.5 Å². The average Bonchev–Trinajstić information content (AvgIpc) is 2.52. The summed E-state index contributed by atoms with van der Waals surface area (Å²) in [6.07, 6.45) is -4.63. The Balaban J connectivity index is 2.28. The van der Waals surface area contributed by atoms with Crippen LogP contribution in [0.3, 0.4) is 0 Å². The number of rotatable bonds is 5. The van der Waals surface area contributed by atoms with Crippen LogP contribution in [0.25, 0.3) is 0 Å². The lowest BCUT2D eigenvalue weighted by Gasteiger charge is -2.28. The van der Waals surface area contributed by atoms with Gasteiger partial charge in [-0.15, -0.1) is 0 Å². The van der Waals surface area contributed by atoms with E-state index in [4.69, 9.17) is 4.74 Å². The predicted octanol–water partition coefficient (Wildman–Crippen LogP) is 2.82. The third-order valence-electron chi connectivity index (χ3n) is 3.38. The van der Waals surface area contributed by atoms with Crippen LogP contribution in [0, 0.1) is 0 Å². The van der Waals surface area contributed by atoms with Crippen molar-refractivity contribution in [3.05, 3.63) is 41.1 Å². The van der Waals surface area contributed by atoms with Crippen LogP contribution in [0.1, 0.15) is 25.5 Å². The minimum absolute atomic E-state index is 0.0898. The molecule has 0 saturated carbocycles. The molecule has 0 bridgehead atoms. The van der Waals surface area contributed by atoms with Crippen LogP contribution in [-0.4, -0.2) is 31.4 Å². The summed E-state index contributed by atoms with van der Waals surface area (Å²) >= 11 is 0. The van der Waals surface area contributed by atoms with Crippen molar-refractivity contribution in [1.29, 1.82) is 0 Å². The quantitative estimate of drug-likeness (QED) is 0.794. The fourth-order valence-electron chi connectivity index (χ4n) is 2.36. The fraction of sp³-hybridized carbons (Fsp3) is 0.375. The second kappa shape index (κ2) is 7.45. The second-order valence-corrected chi connectivity index (χ2v) is 5.26. The fourth-order valence-corrected chi connectivity index (χ4v) is 2.36. The first-order chi connectivity index (χ1) is 11.7. The number of carbonyl (C=O) groups excluding carboxylic acids is 2. The molecule has 0 fully saturated rings. The summed E-state index contributed by atoms with van der Waals surface area (Å²) in [5, 5.41) is 4.87. The Labute approximate surface area is 142 Å². The van der Waals surface area contributed by atoms with Gasteiger partial charge in [-0.25, -0.2) is 9.59 Å². The van der Waals surface area contributed by atoms with E-state index in [1.807, 2.05) is 6.92 Å². The summed E-state index contributed by atoms with van der Waals surface area (Å²) in [5.41, 5.74) is 0.555. The minimum Gasteiger partial charge on any atom is -0.494 e. The Morgan fingerprint density at radius 2 is 1.88 bits per heavy atom. The highest BCUT2D eigenvalue weighted by Crippen LogP contribution is 2.29. The van der Waals surface area contributed by atoms with Crippen LogP contribution in [0.2, 0.25) is 0 Å². The second-order valence-electron chi connectivity index (χ2n) is 5.26. The van der Waals surface area contributed by atoms with Gasteiger partial charge in [0.15, 0.2) is 6.61 Å². The van der Waals surface area contributed by atoms with E-state index in [-0.39, 0.29) is 11.3 Å². The number of halogens is 3. The molecule has 1 aromatic rings. The van der Waals surface area contributed by atoms with Gasteiger partial charge in [-0.1, -0.05) is 12.1 Å². The number of urea groups is 1.